The minimum absolute atomic E-state index is 0.159. The highest BCUT2D eigenvalue weighted by Gasteiger charge is 2.50. The first kappa shape index (κ1) is 24.3. The summed E-state index contributed by atoms with van der Waals surface area (Å²) in [4.78, 5) is 28.1. The number of piperidine rings is 1. The van der Waals surface area contributed by atoms with Crippen LogP contribution in [0.5, 0.6) is 0 Å². The number of amides is 2. The molecule has 2 atom stereocenters. The molecule has 1 aromatic rings. The molecule has 2 aliphatic heterocycles. The highest BCUT2D eigenvalue weighted by atomic mass is 19.3. The number of nitrogens with zero attached hydrogens (tertiary/aromatic N) is 5. The fraction of sp³-hybridized carbons (Fsp3) is 0.792. The Morgan fingerprint density at radius 2 is 1.70 bits per heavy atom. The molecule has 1 aliphatic carbocycles. The predicted molar refractivity (Wildman–Crippen MR) is 124 cm³/mol. The van der Waals surface area contributed by atoms with Gasteiger partial charge in [-0.15, -0.1) is 0 Å². The van der Waals surface area contributed by atoms with E-state index < -0.39 is 12.0 Å². The maximum Gasteiger partial charge on any atom is 0.317 e. The zero-order valence-corrected chi connectivity index (χ0v) is 20.1. The Balaban J connectivity index is 1.36. The van der Waals surface area contributed by atoms with Crippen molar-refractivity contribution >= 4 is 6.03 Å². The van der Waals surface area contributed by atoms with Crippen molar-refractivity contribution in [3.8, 4) is 0 Å². The second-order valence-corrected chi connectivity index (χ2v) is 10.2. The van der Waals surface area contributed by atoms with Gasteiger partial charge in [0.1, 0.15) is 11.9 Å². The summed E-state index contributed by atoms with van der Waals surface area (Å²) in [7, 11) is 0. The summed E-state index contributed by atoms with van der Waals surface area (Å²) in [5.41, 5.74) is 1.02. The van der Waals surface area contributed by atoms with E-state index in [1.165, 1.54) is 0 Å². The summed E-state index contributed by atoms with van der Waals surface area (Å²) >= 11 is 0. The minimum atomic E-state index is -2.89. The van der Waals surface area contributed by atoms with Crippen LogP contribution >= 0.6 is 0 Å². The van der Waals surface area contributed by atoms with Gasteiger partial charge in [0.25, 0.3) is 5.92 Å². The van der Waals surface area contributed by atoms with Crippen LogP contribution < -0.4 is 5.32 Å². The van der Waals surface area contributed by atoms with Gasteiger partial charge in [0, 0.05) is 76.1 Å². The Bertz CT molecular complexity index is 789. The number of aryl methyl sites for hydroxylation is 1. The molecule has 0 bridgehead atoms. The van der Waals surface area contributed by atoms with Gasteiger partial charge in [-0.3, -0.25) is 9.80 Å². The standard InChI is InChI=1S/C24H38F2N6O/c1-17(2)30-11-13-31(14-12-30)20-5-4-8-24(25,26)21(20)29-23(33)32-9-6-19(7-10-32)22-27-15-18(3)16-28-22/h15-17,19-21H,4-14H2,1-3H3,(H,29,33). The van der Waals surface area contributed by atoms with Crippen LogP contribution in [0, 0.1) is 6.92 Å². The van der Waals surface area contributed by atoms with Gasteiger partial charge in [-0.25, -0.2) is 23.5 Å². The molecule has 184 valence electrons. The third-order valence-corrected chi connectivity index (χ3v) is 7.63. The van der Waals surface area contributed by atoms with Gasteiger partial charge in [0.2, 0.25) is 0 Å². The average Bonchev–Trinajstić information content (AvgIpc) is 2.81. The SMILES string of the molecule is Cc1cnc(C2CCN(C(=O)NC3C(N4CCN(C(C)C)CC4)CCCC3(F)F)CC2)nc1. The maximum absolute atomic E-state index is 15.0. The van der Waals surface area contributed by atoms with E-state index in [1.54, 1.807) is 4.90 Å². The van der Waals surface area contributed by atoms with Crippen LogP contribution in [-0.2, 0) is 0 Å². The van der Waals surface area contributed by atoms with E-state index in [0.717, 1.165) is 50.4 Å². The molecule has 33 heavy (non-hydrogen) atoms. The number of rotatable bonds is 4. The van der Waals surface area contributed by atoms with Crippen molar-refractivity contribution in [3.63, 3.8) is 0 Å². The molecule has 7 nitrogen and oxygen atoms in total. The highest BCUT2D eigenvalue weighted by molar-refractivity contribution is 5.75. The number of hydrogen-bond acceptors (Lipinski definition) is 5. The number of carbonyl (C=O) groups is 1. The topological polar surface area (TPSA) is 64.6 Å². The number of urea groups is 1. The summed E-state index contributed by atoms with van der Waals surface area (Å²) in [5, 5.41) is 2.77. The van der Waals surface area contributed by atoms with Crippen LogP contribution in [0.15, 0.2) is 12.4 Å². The molecule has 9 heteroatoms. The quantitative estimate of drug-likeness (QED) is 0.741. The normalized spacial score (nSPS) is 27.6. The molecule has 0 radical (unpaired) electrons. The molecule has 2 saturated heterocycles. The predicted octanol–water partition coefficient (Wildman–Crippen LogP) is 3.26. The first-order valence-corrected chi connectivity index (χ1v) is 12.4. The summed E-state index contributed by atoms with van der Waals surface area (Å²) in [6.45, 7) is 10.7. The molecule has 1 aromatic heterocycles. The maximum atomic E-state index is 15.0. The smallest absolute Gasteiger partial charge is 0.317 e. The monoisotopic (exact) mass is 464 g/mol. The number of alkyl halides is 2. The van der Waals surface area contributed by atoms with Crippen LogP contribution in [0.2, 0.25) is 0 Å². The van der Waals surface area contributed by atoms with Gasteiger partial charge in [0.05, 0.1) is 0 Å². The van der Waals surface area contributed by atoms with Crippen molar-refractivity contribution in [2.24, 2.45) is 0 Å². The molecule has 3 aliphatic rings. The Hall–Kier alpha value is -1.87. The zero-order valence-electron chi connectivity index (χ0n) is 20.1. The van der Waals surface area contributed by atoms with Crippen molar-refractivity contribution in [1.29, 1.82) is 0 Å². The van der Waals surface area contributed by atoms with Gasteiger partial charge >= 0.3 is 6.03 Å². The molecule has 1 saturated carbocycles. The minimum Gasteiger partial charge on any atom is -0.328 e. The van der Waals surface area contributed by atoms with Gasteiger partial charge in [-0.2, -0.15) is 0 Å². The van der Waals surface area contributed by atoms with Crippen molar-refractivity contribution in [3.05, 3.63) is 23.8 Å². The lowest BCUT2D eigenvalue weighted by atomic mass is 9.85. The number of carbonyl (C=O) groups excluding carboxylic acids is 1. The third kappa shape index (κ3) is 5.62. The number of nitrogens with one attached hydrogen (secondary N) is 1. The Morgan fingerprint density at radius 1 is 1.06 bits per heavy atom. The van der Waals surface area contributed by atoms with E-state index in [1.807, 2.05) is 19.3 Å². The Kier molecular flexibility index (Phi) is 7.48. The van der Waals surface area contributed by atoms with Gasteiger partial charge in [-0.05, 0) is 52.0 Å². The number of halogens is 2. The summed E-state index contributed by atoms with van der Waals surface area (Å²) in [6.07, 6.45) is 6.16. The van der Waals surface area contributed by atoms with Gasteiger partial charge < -0.3 is 10.2 Å². The van der Waals surface area contributed by atoms with E-state index in [0.29, 0.717) is 32.0 Å². The van der Waals surface area contributed by atoms with Crippen molar-refractivity contribution < 1.29 is 13.6 Å². The molecule has 3 fully saturated rings. The summed E-state index contributed by atoms with van der Waals surface area (Å²) in [5.74, 6) is -1.88. The molecular weight excluding hydrogens is 426 g/mol. The van der Waals surface area contributed by atoms with E-state index in [4.69, 9.17) is 0 Å². The first-order valence-electron chi connectivity index (χ1n) is 12.4. The summed E-state index contributed by atoms with van der Waals surface area (Å²) in [6, 6.07) is -1.35. The van der Waals surface area contributed by atoms with Crippen molar-refractivity contribution in [2.45, 2.75) is 82.8 Å². The second-order valence-electron chi connectivity index (χ2n) is 10.2. The van der Waals surface area contributed by atoms with E-state index in [9.17, 15) is 4.79 Å². The van der Waals surface area contributed by atoms with Crippen molar-refractivity contribution in [1.82, 2.24) is 30.0 Å². The molecule has 0 aromatic carbocycles. The van der Waals surface area contributed by atoms with Gasteiger partial charge in [0.15, 0.2) is 0 Å². The fourth-order valence-electron chi connectivity index (χ4n) is 5.51. The lowest BCUT2D eigenvalue weighted by Gasteiger charge is -2.47. The molecule has 0 spiro atoms. The van der Waals surface area contributed by atoms with E-state index >= 15 is 8.78 Å². The largest absolute Gasteiger partial charge is 0.328 e. The third-order valence-electron chi connectivity index (χ3n) is 7.63. The van der Waals surface area contributed by atoms with Crippen LogP contribution in [0.25, 0.3) is 0 Å². The van der Waals surface area contributed by atoms with E-state index in [2.05, 4.69) is 38.9 Å². The molecule has 3 heterocycles. The van der Waals surface area contributed by atoms with Gasteiger partial charge in [-0.1, -0.05) is 0 Å². The number of likely N-dealkylation sites (tertiary alicyclic amines) is 1. The Labute approximate surface area is 195 Å². The van der Waals surface area contributed by atoms with Crippen LogP contribution in [0.4, 0.5) is 13.6 Å². The second kappa shape index (κ2) is 10.2. The number of piperazine rings is 1. The van der Waals surface area contributed by atoms with E-state index in [-0.39, 0.29) is 24.4 Å². The zero-order chi connectivity index (χ0) is 23.6. The molecule has 2 unspecified atom stereocenters. The van der Waals surface area contributed by atoms with Crippen LogP contribution in [0.1, 0.15) is 63.3 Å². The number of hydrogen-bond donors (Lipinski definition) is 1. The molecule has 2 amide bonds. The van der Waals surface area contributed by atoms with Crippen LogP contribution in [0.3, 0.4) is 0 Å². The first-order chi connectivity index (χ1) is 15.7. The fourth-order valence-corrected chi connectivity index (χ4v) is 5.51. The average molecular weight is 465 g/mol. The Morgan fingerprint density at radius 3 is 2.30 bits per heavy atom. The van der Waals surface area contributed by atoms with Crippen molar-refractivity contribution in [2.75, 3.05) is 39.3 Å². The lowest BCUT2D eigenvalue weighted by Crippen LogP contribution is -2.66. The summed E-state index contributed by atoms with van der Waals surface area (Å²) < 4.78 is 30.1. The van der Waals surface area contributed by atoms with Crippen LogP contribution in [-0.4, -0.2) is 94.0 Å². The molecule has 4 rings (SSSR count). The highest BCUT2D eigenvalue weighted by Crippen LogP contribution is 2.37. The lowest BCUT2D eigenvalue weighted by molar-refractivity contribution is -0.0973. The number of aromatic nitrogens is 2. The molecule has 1 N–H and O–H groups in total. The molecular formula is C24H38F2N6O.